The van der Waals surface area contributed by atoms with Gasteiger partial charge in [0.15, 0.2) is 0 Å². The number of nitrogens with zero attached hydrogens (tertiary/aromatic N) is 3. The number of nitrogens with two attached hydrogens (primary N) is 1. The molecule has 0 bridgehead atoms. The van der Waals surface area contributed by atoms with Crippen LogP contribution in [-0.2, 0) is 7.05 Å². The van der Waals surface area contributed by atoms with Crippen LogP contribution in [0.1, 0.15) is 19.3 Å². The summed E-state index contributed by atoms with van der Waals surface area (Å²) in [6.07, 6.45) is 3.51. The van der Waals surface area contributed by atoms with Gasteiger partial charge >= 0.3 is 0 Å². The highest BCUT2D eigenvalue weighted by Crippen LogP contribution is 2.28. The molecular formula is C15H19FN4. The van der Waals surface area contributed by atoms with Gasteiger partial charge in [-0.2, -0.15) is 5.10 Å². The Balaban J connectivity index is 1.90. The van der Waals surface area contributed by atoms with E-state index < -0.39 is 0 Å². The number of halogens is 1. The zero-order chi connectivity index (χ0) is 14.1. The van der Waals surface area contributed by atoms with Crippen LogP contribution in [0.2, 0.25) is 0 Å². The maximum atomic E-state index is 14.3. The van der Waals surface area contributed by atoms with Crippen LogP contribution in [0.25, 0.3) is 11.3 Å². The van der Waals surface area contributed by atoms with E-state index in [1.54, 1.807) is 23.9 Å². The average Bonchev–Trinajstić information content (AvgIpc) is 2.79. The van der Waals surface area contributed by atoms with Crippen LogP contribution in [0, 0.1) is 5.82 Å². The Morgan fingerprint density at radius 1 is 1.15 bits per heavy atom. The van der Waals surface area contributed by atoms with Crippen molar-refractivity contribution in [3.63, 3.8) is 0 Å². The molecule has 0 spiro atoms. The van der Waals surface area contributed by atoms with Gasteiger partial charge in [0.25, 0.3) is 0 Å². The Bertz CT molecular complexity index is 595. The highest BCUT2D eigenvalue weighted by Gasteiger charge is 2.16. The van der Waals surface area contributed by atoms with Gasteiger partial charge in [-0.1, -0.05) is 6.07 Å². The molecule has 1 aromatic heterocycles. The third kappa shape index (κ3) is 2.35. The standard InChI is InChI=1S/C15H19FN4/c1-19-15(17)10-13(18-19)11-5-6-14(12(16)9-11)20-7-3-2-4-8-20/h5-6,9-10H,2-4,7-8,17H2,1H3. The summed E-state index contributed by atoms with van der Waals surface area (Å²) in [6, 6.07) is 7.07. The number of aryl methyl sites for hydroxylation is 1. The number of piperidine rings is 1. The summed E-state index contributed by atoms with van der Waals surface area (Å²) in [6.45, 7) is 1.87. The molecule has 1 saturated heterocycles. The minimum Gasteiger partial charge on any atom is -0.384 e. The fourth-order valence-corrected chi connectivity index (χ4v) is 2.68. The second kappa shape index (κ2) is 5.15. The smallest absolute Gasteiger partial charge is 0.147 e. The quantitative estimate of drug-likeness (QED) is 0.916. The largest absolute Gasteiger partial charge is 0.384 e. The molecule has 1 aliphatic rings. The van der Waals surface area contributed by atoms with E-state index in [1.165, 1.54) is 6.42 Å². The van der Waals surface area contributed by atoms with Crippen molar-refractivity contribution in [2.75, 3.05) is 23.7 Å². The Morgan fingerprint density at radius 3 is 2.50 bits per heavy atom. The minimum absolute atomic E-state index is 0.186. The first-order valence-electron chi connectivity index (χ1n) is 6.99. The van der Waals surface area contributed by atoms with Crippen molar-refractivity contribution in [1.82, 2.24) is 9.78 Å². The monoisotopic (exact) mass is 274 g/mol. The zero-order valence-electron chi connectivity index (χ0n) is 11.6. The Hall–Kier alpha value is -2.04. The van der Waals surface area contributed by atoms with E-state index in [1.807, 2.05) is 12.1 Å². The molecule has 0 radical (unpaired) electrons. The molecule has 20 heavy (non-hydrogen) atoms. The third-order valence-corrected chi connectivity index (χ3v) is 3.86. The van der Waals surface area contributed by atoms with Crippen molar-refractivity contribution >= 4 is 11.5 Å². The molecular weight excluding hydrogens is 255 g/mol. The molecule has 3 rings (SSSR count). The van der Waals surface area contributed by atoms with Gasteiger partial charge < -0.3 is 10.6 Å². The predicted octanol–water partition coefficient (Wildman–Crippen LogP) is 2.80. The van der Waals surface area contributed by atoms with E-state index in [0.29, 0.717) is 17.2 Å². The molecule has 0 atom stereocenters. The molecule has 5 heteroatoms. The molecule has 2 N–H and O–H groups in total. The lowest BCUT2D eigenvalue weighted by Crippen LogP contribution is -2.30. The Kier molecular flexibility index (Phi) is 3.34. The van der Waals surface area contributed by atoms with Gasteiger partial charge in [-0.3, -0.25) is 4.68 Å². The summed E-state index contributed by atoms with van der Waals surface area (Å²) in [7, 11) is 1.78. The van der Waals surface area contributed by atoms with Crippen molar-refractivity contribution in [2.24, 2.45) is 7.05 Å². The Morgan fingerprint density at radius 2 is 1.90 bits per heavy atom. The second-order valence-corrected chi connectivity index (χ2v) is 5.29. The molecule has 0 amide bonds. The first kappa shape index (κ1) is 13.0. The van der Waals surface area contributed by atoms with Crippen molar-refractivity contribution in [2.45, 2.75) is 19.3 Å². The van der Waals surface area contributed by atoms with Crippen molar-refractivity contribution in [1.29, 1.82) is 0 Å². The molecule has 106 valence electrons. The molecule has 1 aromatic carbocycles. The maximum Gasteiger partial charge on any atom is 0.147 e. The normalized spacial score (nSPS) is 15.6. The number of rotatable bonds is 2. The number of benzene rings is 1. The van der Waals surface area contributed by atoms with Crippen LogP contribution in [-0.4, -0.2) is 22.9 Å². The highest BCUT2D eigenvalue weighted by molar-refractivity contribution is 5.66. The van der Waals surface area contributed by atoms with Gasteiger partial charge in [-0.25, -0.2) is 4.39 Å². The summed E-state index contributed by atoms with van der Waals surface area (Å²) in [4.78, 5) is 2.12. The van der Waals surface area contributed by atoms with Crippen LogP contribution < -0.4 is 10.6 Å². The van der Waals surface area contributed by atoms with Crippen molar-refractivity contribution < 1.29 is 4.39 Å². The van der Waals surface area contributed by atoms with E-state index in [4.69, 9.17) is 5.73 Å². The predicted molar refractivity (Wildman–Crippen MR) is 79.1 cm³/mol. The van der Waals surface area contributed by atoms with Gasteiger partial charge in [0.05, 0.1) is 11.4 Å². The minimum atomic E-state index is -0.186. The van der Waals surface area contributed by atoms with Crippen LogP contribution in [0.5, 0.6) is 0 Å². The first-order valence-corrected chi connectivity index (χ1v) is 6.99. The Labute approximate surface area is 118 Å². The van der Waals surface area contributed by atoms with Crippen molar-refractivity contribution in [3.8, 4) is 11.3 Å². The van der Waals surface area contributed by atoms with Crippen LogP contribution in [0.15, 0.2) is 24.3 Å². The summed E-state index contributed by atoms with van der Waals surface area (Å²) in [5, 5.41) is 4.28. The number of hydrogen-bond acceptors (Lipinski definition) is 3. The van der Waals surface area contributed by atoms with E-state index in [9.17, 15) is 4.39 Å². The summed E-state index contributed by atoms with van der Waals surface area (Å²) in [5.41, 5.74) is 7.92. The zero-order valence-corrected chi connectivity index (χ0v) is 11.6. The molecule has 0 unspecified atom stereocenters. The third-order valence-electron chi connectivity index (χ3n) is 3.86. The van der Waals surface area contributed by atoms with E-state index in [2.05, 4.69) is 10.00 Å². The second-order valence-electron chi connectivity index (χ2n) is 5.29. The molecule has 1 aliphatic heterocycles. The molecule has 2 heterocycles. The van der Waals surface area contributed by atoms with Gasteiger partial charge in [-0.05, 0) is 31.4 Å². The number of aromatic nitrogens is 2. The lowest BCUT2D eigenvalue weighted by atomic mass is 10.1. The number of hydrogen-bond donors (Lipinski definition) is 1. The molecule has 0 aliphatic carbocycles. The molecule has 4 nitrogen and oxygen atoms in total. The average molecular weight is 274 g/mol. The molecule has 0 saturated carbocycles. The van der Waals surface area contributed by atoms with E-state index in [-0.39, 0.29) is 5.82 Å². The van der Waals surface area contributed by atoms with Gasteiger partial charge in [0.2, 0.25) is 0 Å². The number of anilines is 2. The van der Waals surface area contributed by atoms with E-state index in [0.717, 1.165) is 31.5 Å². The lowest BCUT2D eigenvalue weighted by molar-refractivity contribution is 0.557. The van der Waals surface area contributed by atoms with Crippen LogP contribution >= 0.6 is 0 Å². The fourth-order valence-electron chi connectivity index (χ4n) is 2.68. The van der Waals surface area contributed by atoms with Gasteiger partial charge in [0.1, 0.15) is 11.6 Å². The highest BCUT2D eigenvalue weighted by atomic mass is 19.1. The molecule has 1 fully saturated rings. The van der Waals surface area contributed by atoms with Gasteiger partial charge in [-0.15, -0.1) is 0 Å². The van der Waals surface area contributed by atoms with Crippen LogP contribution in [0.4, 0.5) is 15.9 Å². The molecule has 2 aromatic rings. The lowest BCUT2D eigenvalue weighted by Gasteiger charge is -2.29. The SMILES string of the molecule is Cn1nc(-c2ccc(N3CCCCC3)c(F)c2)cc1N. The topological polar surface area (TPSA) is 47.1 Å². The number of nitrogen functional groups attached to an aromatic ring is 1. The van der Waals surface area contributed by atoms with Crippen molar-refractivity contribution in [3.05, 3.63) is 30.1 Å². The van der Waals surface area contributed by atoms with Crippen LogP contribution in [0.3, 0.4) is 0 Å². The fraction of sp³-hybridized carbons (Fsp3) is 0.400. The first-order chi connectivity index (χ1) is 9.65. The summed E-state index contributed by atoms with van der Waals surface area (Å²) >= 11 is 0. The van der Waals surface area contributed by atoms with Gasteiger partial charge in [0, 0.05) is 31.8 Å². The summed E-state index contributed by atoms with van der Waals surface area (Å²) < 4.78 is 15.9. The van der Waals surface area contributed by atoms with E-state index >= 15 is 0 Å². The summed E-state index contributed by atoms with van der Waals surface area (Å²) in [5.74, 6) is 0.383. The maximum absolute atomic E-state index is 14.3.